The molecule has 0 aromatic rings. The van der Waals surface area contributed by atoms with Crippen LogP contribution in [0.25, 0.3) is 0 Å². The molecule has 0 radical (unpaired) electrons. The van der Waals surface area contributed by atoms with Crippen LogP contribution in [-0.4, -0.2) is 23.3 Å². The van der Waals surface area contributed by atoms with Crippen molar-refractivity contribution in [3.05, 3.63) is 0 Å². The summed E-state index contributed by atoms with van der Waals surface area (Å²) in [4.78, 5) is 0. The molecule has 2 rings (SSSR count). The van der Waals surface area contributed by atoms with E-state index in [2.05, 4.69) is 12.2 Å². The fraction of sp³-hybridized carbons (Fsp3) is 1.00. The summed E-state index contributed by atoms with van der Waals surface area (Å²) in [6, 6.07) is 0.666. The Kier molecular flexibility index (Phi) is 3.68. The van der Waals surface area contributed by atoms with Crippen molar-refractivity contribution in [2.75, 3.05) is 6.61 Å². The van der Waals surface area contributed by atoms with Crippen molar-refractivity contribution in [1.82, 2.24) is 5.32 Å². The highest BCUT2D eigenvalue weighted by atomic mass is 16.3. The molecule has 88 valence electrons. The number of aliphatic hydroxyl groups excluding tert-OH is 1. The van der Waals surface area contributed by atoms with E-state index in [0.29, 0.717) is 12.6 Å². The topological polar surface area (TPSA) is 32.3 Å². The van der Waals surface area contributed by atoms with Crippen molar-refractivity contribution < 1.29 is 5.11 Å². The molecule has 2 nitrogen and oxygen atoms in total. The van der Waals surface area contributed by atoms with E-state index in [1.54, 1.807) is 0 Å². The van der Waals surface area contributed by atoms with Crippen LogP contribution in [0.3, 0.4) is 0 Å². The number of aliphatic hydroxyl groups is 1. The van der Waals surface area contributed by atoms with E-state index in [1.165, 1.54) is 51.4 Å². The zero-order valence-corrected chi connectivity index (χ0v) is 9.97. The Hall–Kier alpha value is -0.0800. The molecule has 2 aliphatic carbocycles. The summed E-state index contributed by atoms with van der Waals surface area (Å²) in [5.41, 5.74) is 0.0850. The van der Waals surface area contributed by atoms with Gasteiger partial charge in [-0.15, -0.1) is 0 Å². The predicted octanol–water partition coefficient (Wildman–Crippen LogP) is 2.46. The first-order valence-corrected chi connectivity index (χ1v) is 6.63. The average molecular weight is 211 g/mol. The summed E-state index contributed by atoms with van der Waals surface area (Å²) < 4.78 is 0. The van der Waals surface area contributed by atoms with Crippen molar-refractivity contribution in [3.8, 4) is 0 Å². The molecule has 2 fully saturated rings. The fourth-order valence-electron chi connectivity index (χ4n) is 3.40. The third-order valence-electron chi connectivity index (χ3n) is 4.31. The third kappa shape index (κ3) is 2.73. The Morgan fingerprint density at radius 3 is 2.53 bits per heavy atom. The first-order valence-electron chi connectivity index (χ1n) is 6.63. The van der Waals surface area contributed by atoms with Gasteiger partial charge in [-0.1, -0.05) is 32.6 Å². The van der Waals surface area contributed by atoms with E-state index >= 15 is 0 Å². The summed E-state index contributed by atoms with van der Waals surface area (Å²) in [6.45, 7) is 2.69. The highest BCUT2D eigenvalue weighted by molar-refractivity contribution is 4.95. The summed E-state index contributed by atoms with van der Waals surface area (Å²) >= 11 is 0. The van der Waals surface area contributed by atoms with Crippen LogP contribution in [0.1, 0.15) is 58.3 Å². The van der Waals surface area contributed by atoms with Crippen molar-refractivity contribution in [2.45, 2.75) is 69.9 Å². The molecule has 0 spiro atoms. The van der Waals surface area contributed by atoms with Crippen LogP contribution in [0.15, 0.2) is 0 Å². The Labute approximate surface area is 93.5 Å². The molecule has 0 bridgehead atoms. The van der Waals surface area contributed by atoms with Gasteiger partial charge in [-0.2, -0.15) is 0 Å². The van der Waals surface area contributed by atoms with E-state index in [9.17, 15) is 5.11 Å². The minimum atomic E-state index is 0.0850. The van der Waals surface area contributed by atoms with Crippen LogP contribution < -0.4 is 5.32 Å². The first kappa shape index (κ1) is 11.4. The Morgan fingerprint density at radius 1 is 1.20 bits per heavy atom. The molecule has 15 heavy (non-hydrogen) atoms. The predicted molar refractivity (Wildman–Crippen MR) is 62.8 cm³/mol. The lowest BCUT2D eigenvalue weighted by atomic mass is 9.85. The molecule has 0 aromatic carbocycles. The smallest absolute Gasteiger partial charge is 0.0613 e. The van der Waals surface area contributed by atoms with Crippen LogP contribution in [0.4, 0.5) is 0 Å². The summed E-state index contributed by atoms with van der Waals surface area (Å²) in [7, 11) is 0. The Balaban J connectivity index is 1.88. The van der Waals surface area contributed by atoms with Crippen LogP contribution in [0.5, 0.6) is 0 Å². The van der Waals surface area contributed by atoms with E-state index < -0.39 is 0 Å². The molecule has 0 amide bonds. The summed E-state index contributed by atoms with van der Waals surface area (Å²) in [5.74, 6) is 0.869. The maximum Gasteiger partial charge on any atom is 0.0613 e. The fourth-order valence-corrected chi connectivity index (χ4v) is 3.40. The molecule has 2 aliphatic rings. The second-order valence-electron chi connectivity index (χ2n) is 5.76. The lowest BCUT2D eigenvalue weighted by Crippen LogP contribution is -2.52. The highest BCUT2D eigenvalue weighted by Gasteiger charge is 2.35. The van der Waals surface area contributed by atoms with Crippen LogP contribution in [0, 0.1) is 5.92 Å². The van der Waals surface area contributed by atoms with Gasteiger partial charge in [0.1, 0.15) is 0 Å². The van der Waals surface area contributed by atoms with Gasteiger partial charge in [-0.3, -0.25) is 0 Å². The third-order valence-corrected chi connectivity index (χ3v) is 4.31. The highest BCUT2D eigenvalue weighted by Crippen LogP contribution is 2.32. The quantitative estimate of drug-likeness (QED) is 0.751. The molecular weight excluding hydrogens is 186 g/mol. The molecule has 0 aromatic heterocycles. The Bertz CT molecular complexity index is 199. The van der Waals surface area contributed by atoms with Gasteiger partial charge in [0.15, 0.2) is 0 Å². The van der Waals surface area contributed by atoms with Gasteiger partial charge in [0.05, 0.1) is 6.61 Å². The van der Waals surface area contributed by atoms with Crippen molar-refractivity contribution >= 4 is 0 Å². The minimum absolute atomic E-state index is 0.0850. The summed E-state index contributed by atoms with van der Waals surface area (Å²) in [6.07, 6.45) is 10.3. The van der Waals surface area contributed by atoms with Gasteiger partial charge in [0.25, 0.3) is 0 Å². The van der Waals surface area contributed by atoms with Gasteiger partial charge >= 0.3 is 0 Å². The second kappa shape index (κ2) is 4.84. The van der Waals surface area contributed by atoms with Gasteiger partial charge in [0.2, 0.25) is 0 Å². The summed E-state index contributed by atoms with van der Waals surface area (Å²) in [5, 5.41) is 13.3. The van der Waals surface area contributed by atoms with E-state index in [0.717, 1.165) is 5.92 Å². The number of nitrogens with one attached hydrogen (secondary N) is 1. The van der Waals surface area contributed by atoms with E-state index in [4.69, 9.17) is 0 Å². The molecule has 0 saturated heterocycles. The monoisotopic (exact) mass is 211 g/mol. The molecule has 2 atom stereocenters. The number of hydrogen-bond acceptors (Lipinski definition) is 2. The second-order valence-corrected chi connectivity index (χ2v) is 5.76. The van der Waals surface area contributed by atoms with Gasteiger partial charge < -0.3 is 10.4 Å². The van der Waals surface area contributed by atoms with Crippen molar-refractivity contribution in [1.29, 1.82) is 0 Å². The van der Waals surface area contributed by atoms with E-state index in [-0.39, 0.29) is 5.54 Å². The zero-order valence-electron chi connectivity index (χ0n) is 9.97. The number of hydrogen-bond donors (Lipinski definition) is 2. The van der Waals surface area contributed by atoms with E-state index in [1.807, 2.05) is 0 Å². The van der Waals surface area contributed by atoms with Crippen molar-refractivity contribution in [3.63, 3.8) is 0 Å². The molecule has 2 heteroatoms. The lowest BCUT2D eigenvalue weighted by molar-refractivity contribution is 0.134. The SMILES string of the molecule is CC1CCCC(NC2(CO)CCCC2)C1. The lowest BCUT2D eigenvalue weighted by Gasteiger charge is -2.37. The average Bonchev–Trinajstić information content (AvgIpc) is 2.67. The van der Waals surface area contributed by atoms with Crippen molar-refractivity contribution in [2.24, 2.45) is 5.92 Å². The zero-order chi connectivity index (χ0) is 10.7. The molecule has 2 saturated carbocycles. The Morgan fingerprint density at radius 2 is 1.93 bits per heavy atom. The van der Waals surface area contributed by atoms with Gasteiger partial charge in [-0.25, -0.2) is 0 Å². The van der Waals surface area contributed by atoms with Crippen LogP contribution >= 0.6 is 0 Å². The molecule has 0 aliphatic heterocycles. The molecule has 0 heterocycles. The normalized spacial score (nSPS) is 35.6. The first-order chi connectivity index (χ1) is 7.24. The minimum Gasteiger partial charge on any atom is -0.394 e. The largest absolute Gasteiger partial charge is 0.394 e. The van der Waals surface area contributed by atoms with Crippen LogP contribution in [-0.2, 0) is 0 Å². The standard InChI is InChI=1S/C13H25NO/c1-11-5-4-6-12(9-11)14-13(10-15)7-2-3-8-13/h11-12,14-15H,2-10H2,1H3. The number of rotatable bonds is 3. The van der Waals surface area contributed by atoms with Crippen LogP contribution in [0.2, 0.25) is 0 Å². The van der Waals surface area contributed by atoms with Gasteiger partial charge in [-0.05, 0) is 31.6 Å². The van der Waals surface area contributed by atoms with Gasteiger partial charge in [0, 0.05) is 11.6 Å². The molecule has 2 unspecified atom stereocenters. The maximum atomic E-state index is 9.55. The molecule has 2 N–H and O–H groups in total. The molecular formula is C13H25NO. The maximum absolute atomic E-state index is 9.55.